The summed E-state index contributed by atoms with van der Waals surface area (Å²) in [4.78, 5) is 53.5. The van der Waals surface area contributed by atoms with Gasteiger partial charge in [0.2, 0.25) is 17.7 Å². The minimum Gasteiger partial charge on any atom is -0.467 e. The molecule has 0 aliphatic carbocycles. The lowest BCUT2D eigenvalue weighted by atomic mass is 9.99. The monoisotopic (exact) mass is 472 g/mol. The van der Waals surface area contributed by atoms with Crippen LogP contribution < -0.4 is 16.0 Å². The fourth-order valence-electron chi connectivity index (χ4n) is 3.83. The summed E-state index contributed by atoms with van der Waals surface area (Å²) in [6, 6.07) is 5.05. The molecule has 0 spiro atoms. The summed E-state index contributed by atoms with van der Waals surface area (Å²) < 4.78 is 4.83. The molecule has 34 heavy (non-hydrogen) atoms. The largest absolute Gasteiger partial charge is 0.467 e. The normalized spacial score (nSPS) is 13.9. The molecule has 1 aromatic carbocycles. The SMILES string of the molecule is COC(=O)[C@@H](NC(=O)[C@H](Cc1c[nH]c2ccccc12)NC(=O)[C@H](CC(C)C)NC(C)=O)C(C)C. The van der Waals surface area contributed by atoms with E-state index in [-0.39, 0.29) is 24.2 Å². The summed E-state index contributed by atoms with van der Waals surface area (Å²) in [6.45, 7) is 8.83. The molecular formula is C25H36N4O5. The molecule has 3 amide bonds. The molecule has 0 bridgehead atoms. The number of aromatic amines is 1. The smallest absolute Gasteiger partial charge is 0.328 e. The Morgan fingerprint density at radius 3 is 2.18 bits per heavy atom. The van der Waals surface area contributed by atoms with Crippen molar-refractivity contribution >= 4 is 34.6 Å². The number of ether oxygens (including phenoxy) is 1. The Morgan fingerprint density at radius 1 is 0.941 bits per heavy atom. The van der Waals surface area contributed by atoms with E-state index in [4.69, 9.17) is 4.74 Å². The summed E-state index contributed by atoms with van der Waals surface area (Å²) >= 11 is 0. The van der Waals surface area contributed by atoms with E-state index in [1.165, 1.54) is 14.0 Å². The van der Waals surface area contributed by atoms with Crippen LogP contribution in [-0.4, -0.2) is 53.9 Å². The van der Waals surface area contributed by atoms with Gasteiger partial charge < -0.3 is 25.7 Å². The average molecular weight is 473 g/mol. The van der Waals surface area contributed by atoms with Gasteiger partial charge in [-0.3, -0.25) is 14.4 Å². The molecule has 1 aromatic heterocycles. The van der Waals surface area contributed by atoms with Gasteiger partial charge in [-0.05, 0) is 29.9 Å². The maximum atomic E-state index is 13.3. The standard InChI is InChI=1S/C25H36N4O5/c1-14(2)11-20(27-16(5)30)23(31)28-21(24(32)29-22(15(3)4)25(33)34-6)12-17-13-26-19-10-8-7-9-18(17)19/h7-10,13-15,20-22,26H,11-12H2,1-6H3,(H,27,30)(H,28,31)(H,29,32)/t20-,21-,22-/m0/s1. The Labute approximate surface area is 200 Å². The number of nitrogens with one attached hydrogen (secondary N) is 4. The first-order valence-electron chi connectivity index (χ1n) is 11.5. The minimum absolute atomic E-state index is 0.146. The van der Waals surface area contributed by atoms with Gasteiger partial charge in [-0.15, -0.1) is 0 Å². The van der Waals surface area contributed by atoms with Crippen molar-refractivity contribution in [3.8, 4) is 0 Å². The summed E-state index contributed by atoms with van der Waals surface area (Å²) in [6.07, 6.45) is 2.42. The van der Waals surface area contributed by atoms with E-state index >= 15 is 0 Å². The quantitative estimate of drug-likeness (QED) is 0.372. The molecule has 3 atom stereocenters. The predicted molar refractivity (Wildman–Crippen MR) is 130 cm³/mol. The highest BCUT2D eigenvalue weighted by atomic mass is 16.5. The predicted octanol–water partition coefficient (Wildman–Crippen LogP) is 2.06. The molecule has 1 heterocycles. The molecule has 0 fully saturated rings. The first-order valence-corrected chi connectivity index (χ1v) is 11.5. The van der Waals surface area contributed by atoms with E-state index in [1.807, 2.05) is 38.1 Å². The maximum absolute atomic E-state index is 13.3. The van der Waals surface area contributed by atoms with Crippen LogP contribution in [0.5, 0.6) is 0 Å². The van der Waals surface area contributed by atoms with Crippen LogP contribution in [0.15, 0.2) is 30.5 Å². The van der Waals surface area contributed by atoms with Crippen molar-refractivity contribution in [1.29, 1.82) is 0 Å². The molecule has 0 aliphatic rings. The highest BCUT2D eigenvalue weighted by Crippen LogP contribution is 2.19. The van der Waals surface area contributed by atoms with E-state index < -0.39 is 35.9 Å². The van der Waals surface area contributed by atoms with Gasteiger partial charge in [0.05, 0.1) is 7.11 Å². The van der Waals surface area contributed by atoms with Gasteiger partial charge in [-0.25, -0.2) is 4.79 Å². The van der Waals surface area contributed by atoms with Gasteiger partial charge in [0.15, 0.2) is 0 Å². The number of para-hydroxylation sites is 1. The third kappa shape index (κ3) is 7.33. The second-order valence-corrected chi connectivity index (χ2v) is 9.26. The molecule has 0 saturated heterocycles. The summed E-state index contributed by atoms with van der Waals surface area (Å²) in [5.41, 5.74) is 1.75. The number of rotatable bonds is 11. The second kappa shape index (κ2) is 12.2. The van der Waals surface area contributed by atoms with E-state index in [0.717, 1.165) is 16.5 Å². The van der Waals surface area contributed by atoms with Crippen molar-refractivity contribution in [1.82, 2.24) is 20.9 Å². The molecule has 9 nitrogen and oxygen atoms in total. The Balaban J connectivity index is 2.33. The molecule has 9 heteroatoms. The molecule has 0 aliphatic heterocycles. The lowest BCUT2D eigenvalue weighted by Gasteiger charge is -2.26. The number of methoxy groups -OCH3 is 1. The third-order valence-electron chi connectivity index (χ3n) is 5.55. The molecule has 186 valence electrons. The number of hydrogen-bond donors (Lipinski definition) is 4. The zero-order chi connectivity index (χ0) is 25.4. The van der Waals surface area contributed by atoms with Gasteiger partial charge in [-0.1, -0.05) is 45.9 Å². The number of carbonyl (C=O) groups excluding carboxylic acids is 4. The molecule has 2 aromatic rings. The number of esters is 1. The number of fused-ring (bicyclic) bond motifs is 1. The van der Waals surface area contributed by atoms with E-state index in [9.17, 15) is 19.2 Å². The second-order valence-electron chi connectivity index (χ2n) is 9.26. The highest BCUT2D eigenvalue weighted by molar-refractivity contribution is 5.94. The number of hydrogen-bond acceptors (Lipinski definition) is 5. The molecule has 0 saturated carbocycles. The van der Waals surface area contributed by atoms with E-state index in [1.54, 1.807) is 20.0 Å². The molecular weight excluding hydrogens is 436 g/mol. The number of carbonyl (C=O) groups is 4. The first kappa shape index (κ1) is 26.9. The van der Waals surface area contributed by atoms with Gasteiger partial charge in [-0.2, -0.15) is 0 Å². The van der Waals surface area contributed by atoms with Crippen molar-refractivity contribution in [3.63, 3.8) is 0 Å². The maximum Gasteiger partial charge on any atom is 0.328 e. The zero-order valence-electron chi connectivity index (χ0n) is 20.7. The van der Waals surface area contributed by atoms with Gasteiger partial charge >= 0.3 is 5.97 Å². The first-order chi connectivity index (χ1) is 16.0. The van der Waals surface area contributed by atoms with Gasteiger partial charge in [0.25, 0.3) is 0 Å². The Kier molecular flexibility index (Phi) is 9.65. The van der Waals surface area contributed by atoms with E-state index in [2.05, 4.69) is 20.9 Å². The van der Waals surface area contributed by atoms with Crippen LogP contribution in [-0.2, 0) is 30.3 Å². The molecule has 0 unspecified atom stereocenters. The summed E-state index contributed by atoms with van der Waals surface area (Å²) in [5, 5.41) is 9.13. The zero-order valence-corrected chi connectivity index (χ0v) is 20.7. The van der Waals surface area contributed by atoms with Crippen molar-refractivity contribution < 1.29 is 23.9 Å². The number of H-pyrrole nitrogens is 1. The summed E-state index contributed by atoms with van der Waals surface area (Å²) in [7, 11) is 1.26. The average Bonchev–Trinajstić information content (AvgIpc) is 3.17. The van der Waals surface area contributed by atoms with Crippen molar-refractivity contribution in [2.45, 2.75) is 65.6 Å². The Bertz CT molecular complexity index is 1010. The van der Waals surface area contributed by atoms with E-state index in [0.29, 0.717) is 6.42 Å². The van der Waals surface area contributed by atoms with Crippen LogP contribution in [0.1, 0.15) is 46.6 Å². The fraction of sp³-hybridized carbons (Fsp3) is 0.520. The van der Waals surface area contributed by atoms with Crippen LogP contribution in [0.2, 0.25) is 0 Å². The number of amides is 3. The van der Waals surface area contributed by atoms with Crippen molar-refractivity contribution in [2.75, 3.05) is 7.11 Å². The number of benzene rings is 1. The van der Waals surface area contributed by atoms with Gasteiger partial charge in [0, 0.05) is 30.4 Å². The molecule has 4 N–H and O–H groups in total. The van der Waals surface area contributed by atoms with Crippen LogP contribution in [0.3, 0.4) is 0 Å². The Morgan fingerprint density at radius 2 is 1.59 bits per heavy atom. The summed E-state index contributed by atoms with van der Waals surface area (Å²) in [5.74, 6) is -1.92. The molecule has 2 rings (SSSR count). The third-order valence-corrected chi connectivity index (χ3v) is 5.55. The van der Waals surface area contributed by atoms with Gasteiger partial charge in [0.1, 0.15) is 18.1 Å². The van der Waals surface area contributed by atoms with Crippen molar-refractivity contribution in [3.05, 3.63) is 36.0 Å². The van der Waals surface area contributed by atoms with Crippen molar-refractivity contribution in [2.24, 2.45) is 11.8 Å². The number of aromatic nitrogens is 1. The van der Waals surface area contributed by atoms with Crippen LogP contribution >= 0.6 is 0 Å². The Hall–Kier alpha value is -3.36. The molecule has 0 radical (unpaired) electrons. The minimum atomic E-state index is -0.971. The highest BCUT2D eigenvalue weighted by Gasteiger charge is 2.31. The fourth-order valence-corrected chi connectivity index (χ4v) is 3.83. The van der Waals surface area contributed by atoms with Crippen LogP contribution in [0.25, 0.3) is 10.9 Å². The van der Waals surface area contributed by atoms with Crippen LogP contribution in [0, 0.1) is 11.8 Å². The lowest BCUT2D eigenvalue weighted by molar-refractivity contribution is -0.146. The topological polar surface area (TPSA) is 129 Å². The lowest BCUT2D eigenvalue weighted by Crippen LogP contribution is -2.57. The van der Waals surface area contributed by atoms with Crippen LogP contribution in [0.4, 0.5) is 0 Å².